The number of unbranched alkanes of at least 4 members (excludes halogenated alkanes) is 32. The van der Waals surface area contributed by atoms with Crippen molar-refractivity contribution in [1.29, 1.82) is 0 Å². The number of carbonyl (C=O) groups excluding carboxylic acids is 1. The predicted molar refractivity (Wildman–Crippen MR) is 275 cm³/mol. The van der Waals surface area contributed by atoms with E-state index in [4.69, 9.17) is 18.9 Å². The maximum atomic E-state index is 12.9. The monoisotopic (exact) mass is 935 g/mol. The van der Waals surface area contributed by atoms with Gasteiger partial charge in [0.2, 0.25) is 0 Å². The Bertz CT molecular complexity index is 1110. The topological polar surface area (TPSA) is 135 Å². The second-order valence-corrected chi connectivity index (χ2v) is 19.4. The van der Waals surface area contributed by atoms with Crippen LogP contribution in [0.4, 0.5) is 0 Å². The molecule has 1 aliphatic rings. The van der Waals surface area contributed by atoms with Crippen LogP contribution in [0.2, 0.25) is 0 Å². The van der Waals surface area contributed by atoms with Gasteiger partial charge in [-0.25, -0.2) is 0 Å². The van der Waals surface area contributed by atoms with E-state index >= 15 is 0 Å². The van der Waals surface area contributed by atoms with Gasteiger partial charge in [0, 0.05) is 13.0 Å². The summed E-state index contributed by atoms with van der Waals surface area (Å²) in [5.41, 5.74) is 0. The van der Waals surface area contributed by atoms with Gasteiger partial charge in [0.25, 0.3) is 0 Å². The van der Waals surface area contributed by atoms with Crippen LogP contribution < -0.4 is 0 Å². The summed E-state index contributed by atoms with van der Waals surface area (Å²) in [5.74, 6) is -0.315. The largest absolute Gasteiger partial charge is 0.457 e. The number of hydrogen-bond donors (Lipinski definition) is 4. The second-order valence-electron chi connectivity index (χ2n) is 19.4. The molecular formula is C57H106O9. The van der Waals surface area contributed by atoms with Crippen LogP contribution in [0.1, 0.15) is 258 Å². The quantitative estimate of drug-likeness (QED) is 0.0267. The zero-order chi connectivity index (χ0) is 47.8. The Morgan fingerprint density at radius 2 is 0.879 bits per heavy atom. The molecule has 0 aromatic carbocycles. The van der Waals surface area contributed by atoms with Gasteiger partial charge >= 0.3 is 5.97 Å². The summed E-state index contributed by atoms with van der Waals surface area (Å²) in [4.78, 5) is 12.9. The van der Waals surface area contributed by atoms with Gasteiger partial charge in [0.1, 0.15) is 30.5 Å². The number of aliphatic hydroxyl groups excluding tert-OH is 4. The first kappa shape index (κ1) is 62.4. The molecule has 1 heterocycles. The molecule has 0 aromatic heterocycles. The summed E-state index contributed by atoms with van der Waals surface area (Å²) in [6.45, 7) is 4.58. The van der Waals surface area contributed by atoms with E-state index in [1.54, 1.807) is 0 Å². The van der Waals surface area contributed by atoms with Gasteiger partial charge < -0.3 is 39.4 Å². The van der Waals surface area contributed by atoms with Crippen LogP contribution in [0.15, 0.2) is 36.5 Å². The van der Waals surface area contributed by atoms with Gasteiger partial charge in [0.15, 0.2) is 6.29 Å². The first-order chi connectivity index (χ1) is 32.4. The molecule has 1 aliphatic heterocycles. The average molecular weight is 935 g/mol. The maximum Gasteiger partial charge on any atom is 0.306 e. The van der Waals surface area contributed by atoms with Crippen molar-refractivity contribution in [3.05, 3.63) is 36.5 Å². The highest BCUT2D eigenvalue weighted by Gasteiger charge is 2.44. The van der Waals surface area contributed by atoms with E-state index in [0.717, 1.165) is 38.5 Å². The second kappa shape index (κ2) is 48.4. The standard InChI is InChI=1S/C57H106O9/c1-3-5-7-9-11-13-15-17-19-21-23-25-27-29-31-33-35-37-39-41-43-45-47-63-49-51(50-64-57-56(62)55(61)54(60)52(48-58)66-57)65-53(59)46-44-42-40-38-36-34-32-30-28-26-24-22-20-18-16-14-12-10-8-6-4-2/h16,18,21-24,51-52,54-58,60-62H,3-15,17,19-20,25-50H2,1-2H3/b18-16-,23-21-,24-22-. The van der Waals surface area contributed by atoms with Crippen molar-refractivity contribution in [2.75, 3.05) is 26.4 Å². The summed E-state index contributed by atoms with van der Waals surface area (Å²) < 4.78 is 23.0. The van der Waals surface area contributed by atoms with E-state index in [0.29, 0.717) is 13.0 Å². The Morgan fingerprint density at radius 3 is 1.32 bits per heavy atom. The molecule has 0 bridgehead atoms. The zero-order valence-corrected chi connectivity index (χ0v) is 43.0. The minimum Gasteiger partial charge on any atom is -0.457 e. The summed E-state index contributed by atoms with van der Waals surface area (Å²) >= 11 is 0. The van der Waals surface area contributed by atoms with Gasteiger partial charge in [-0.15, -0.1) is 0 Å². The Balaban J connectivity index is 2.17. The summed E-state index contributed by atoms with van der Waals surface area (Å²) in [7, 11) is 0. The molecule has 0 saturated carbocycles. The molecule has 66 heavy (non-hydrogen) atoms. The Morgan fingerprint density at radius 1 is 0.485 bits per heavy atom. The third-order valence-electron chi connectivity index (χ3n) is 13.0. The number of ether oxygens (including phenoxy) is 4. The third kappa shape index (κ3) is 38.3. The minimum absolute atomic E-state index is 0.114. The lowest BCUT2D eigenvalue weighted by atomic mass is 9.99. The smallest absolute Gasteiger partial charge is 0.306 e. The lowest BCUT2D eigenvalue weighted by molar-refractivity contribution is -0.305. The average Bonchev–Trinajstić information content (AvgIpc) is 3.32. The van der Waals surface area contributed by atoms with Crippen LogP contribution in [0.25, 0.3) is 0 Å². The lowest BCUT2D eigenvalue weighted by Gasteiger charge is -2.39. The summed E-state index contributed by atoms with van der Waals surface area (Å²) in [6, 6.07) is 0. The molecule has 6 atom stereocenters. The van der Waals surface area contributed by atoms with Crippen LogP contribution in [-0.2, 0) is 23.7 Å². The molecule has 1 rings (SSSR count). The Kier molecular flexibility index (Phi) is 45.8. The number of esters is 1. The van der Waals surface area contributed by atoms with Gasteiger partial charge in [-0.3, -0.25) is 4.79 Å². The highest BCUT2D eigenvalue weighted by molar-refractivity contribution is 5.69. The van der Waals surface area contributed by atoms with Gasteiger partial charge in [-0.2, -0.15) is 0 Å². The van der Waals surface area contributed by atoms with Crippen LogP contribution in [0.5, 0.6) is 0 Å². The molecule has 0 radical (unpaired) electrons. The van der Waals surface area contributed by atoms with Gasteiger partial charge in [-0.05, 0) is 70.6 Å². The molecule has 0 aliphatic carbocycles. The molecule has 0 aromatic rings. The van der Waals surface area contributed by atoms with Crippen molar-refractivity contribution in [1.82, 2.24) is 0 Å². The van der Waals surface area contributed by atoms with E-state index in [-0.39, 0.29) is 19.2 Å². The molecule has 0 amide bonds. The number of aliphatic hydroxyl groups is 4. The van der Waals surface area contributed by atoms with E-state index < -0.39 is 43.4 Å². The molecule has 1 fully saturated rings. The number of hydrogen-bond acceptors (Lipinski definition) is 9. The number of carbonyl (C=O) groups is 1. The van der Waals surface area contributed by atoms with Crippen molar-refractivity contribution in [3.8, 4) is 0 Å². The number of allylic oxidation sites excluding steroid dienone is 6. The van der Waals surface area contributed by atoms with Crippen LogP contribution in [0.3, 0.4) is 0 Å². The van der Waals surface area contributed by atoms with Crippen molar-refractivity contribution in [2.24, 2.45) is 0 Å². The normalized spacial score (nSPS) is 19.5. The minimum atomic E-state index is -1.54. The van der Waals surface area contributed by atoms with Crippen LogP contribution in [0, 0.1) is 0 Å². The summed E-state index contributed by atoms with van der Waals surface area (Å²) in [5, 5.41) is 40.3. The lowest BCUT2D eigenvalue weighted by Crippen LogP contribution is -2.59. The van der Waals surface area contributed by atoms with E-state index in [1.165, 1.54) is 199 Å². The first-order valence-corrected chi connectivity index (χ1v) is 28.1. The molecule has 6 unspecified atom stereocenters. The number of rotatable bonds is 49. The SMILES string of the molecule is CCCCCCC/C=C\C/C=C\CCCCCCCCCCCC(=O)OC(COCCCCCCCCCCCC/C=C\CCCCCCCCCC)COC1OC(CO)C(O)C(O)C1O. The third-order valence-corrected chi connectivity index (χ3v) is 13.0. The molecule has 388 valence electrons. The fourth-order valence-corrected chi connectivity index (χ4v) is 8.64. The van der Waals surface area contributed by atoms with E-state index in [2.05, 4.69) is 50.3 Å². The Labute approximate surface area is 406 Å². The fraction of sp³-hybridized carbons (Fsp3) is 0.877. The van der Waals surface area contributed by atoms with Crippen molar-refractivity contribution in [3.63, 3.8) is 0 Å². The molecule has 9 nitrogen and oxygen atoms in total. The van der Waals surface area contributed by atoms with Crippen molar-refractivity contribution < 1.29 is 44.2 Å². The van der Waals surface area contributed by atoms with Gasteiger partial charge in [0.05, 0.1) is 19.8 Å². The summed E-state index contributed by atoms with van der Waals surface area (Å²) in [6.07, 6.45) is 53.3. The first-order valence-electron chi connectivity index (χ1n) is 28.1. The van der Waals surface area contributed by atoms with E-state index in [1.807, 2.05) is 0 Å². The highest BCUT2D eigenvalue weighted by atomic mass is 16.7. The van der Waals surface area contributed by atoms with Crippen LogP contribution in [-0.4, -0.2) is 89.6 Å². The fourth-order valence-electron chi connectivity index (χ4n) is 8.64. The van der Waals surface area contributed by atoms with Gasteiger partial charge in [-0.1, -0.05) is 217 Å². The molecule has 4 N–H and O–H groups in total. The zero-order valence-electron chi connectivity index (χ0n) is 43.0. The van der Waals surface area contributed by atoms with Crippen LogP contribution >= 0.6 is 0 Å². The van der Waals surface area contributed by atoms with Crippen molar-refractivity contribution >= 4 is 5.97 Å². The van der Waals surface area contributed by atoms with E-state index in [9.17, 15) is 25.2 Å². The van der Waals surface area contributed by atoms with Crippen molar-refractivity contribution in [2.45, 2.75) is 295 Å². The Hall–Kier alpha value is -1.59. The molecule has 9 heteroatoms. The highest BCUT2D eigenvalue weighted by Crippen LogP contribution is 2.23. The molecule has 0 spiro atoms. The molecule has 1 saturated heterocycles. The maximum absolute atomic E-state index is 12.9. The predicted octanol–water partition coefficient (Wildman–Crippen LogP) is 14.3. The molecular weight excluding hydrogens is 829 g/mol.